The largest absolute Gasteiger partial charge is 0.353 e. The molecule has 0 saturated carbocycles. The molecule has 1 unspecified atom stereocenters. The maximum absolute atomic E-state index is 4.35. The summed E-state index contributed by atoms with van der Waals surface area (Å²) in [6.07, 6.45) is 3.85. The zero-order valence-corrected chi connectivity index (χ0v) is 10.6. The Morgan fingerprint density at radius 3 is 2.47 bits per heavy atom. The molecule has 0 radical (unpaired) electrons. The number of benzene rings is 1. The molecule has 0 aliphatic rings. The van der Waals surface area contributed by atoms with Crippen LogP contribution in [0.25, 0.3) is 0 Å². The first-order valence-corrected chi connectivity index (χ1v) is 6.03. The van der Waals surface area contributed by atoms with Gasteiger partial charge in [0.1, 0.15) is 0 Å². The van der Waals surface area contributed by atoms with E-state index in [0.717, 1.165) is 5.95 Å². The number of nitrogens with zero attached hydrogens (tertiary/aromatic N) is 2. The second-order valence-corrected chi connectivity index (χ2v) is 4.54. The van der Waals surface area contributed by atoms with Crippen LogP contribution in [-0.2, 0) is 0 Å². The van der Waals surface area contributed by atoms with Crippen molar-refractivity contribution in [2.24, 2.45) is 0 Å². The van der Waals surface area contributed by atoms with Crippen molar-refractivity contribution in [3.63, 3.8) is 0 Å². The molecular formula is C14H19N3. The van der Waals surface area contributed by atoms with Gasteiger partial charge in [0.05, 0.1) is 6.04 Å². The molecule has 2 rings (SSSR count). The number of nitrogens with one attached hydrogen (secondary N) is 1. The van der Waals surface area contributed by atoms with Gasteiger partial charge in [0.25, 0.3) is 0 Å². The summed E-state index contributed by atoms with van der Waals surface area (Å²) in [6.45, 7) is 6.42. The smallest absolute Gasteiger partial charge is 0.203 e. The van der Waals surface area contributed by atoms with Gasteiger partial charge >= 0.3 is 0 Å². The minimum atomic E-state index is 0.292. The first-order valence-electron chi connectivity index (χ1n) is 6.03. The maximum atomic E-state index is 4.35. The van der Waals surface area contributed by atoms with Crippen LogP contribution in [0, 0.1) is 0 Å². The Labute approximate surface area is 103 Å². The molecule has 0 amide bonds. The SMILES string of the molecule is CC(C)Nc1nccn1C(C)c1ccccc1. The number of aromatic nitrogens is 2. The van der Waals surface area contributed by atoms with Crippen LogP contribution >= 0.6 is 0 Å². The van der Waals surface area contributed by atoms with Gasteiger partial charge in [0, 0.05) is 18.4 Å². The topological polar surface area (TPSA) is 29.9 Å². The Hall–Kier alpha value is -1.77. The summed E-state index contributed by atoms with van der Waals surface area (Å²) in [5, 5.41) is 3.36. The average molecular weight is 229 g/mol. The normalized spacial score (nSPS) is 12.7. The number of anilines is 1. The monoisotopic (exact) mass is 229 g/mol. The van der Waals surface area contributed by atoms with Crippen molar-refractivity contribution in [1.29, 1.82) is 0 Å². The van der Waals surface area contributed by atoms with Gasteiger partial charge in [-0.2, -0.15) is 0 Å². The van der Waals surface area contributed by atoms with Crippen molar-refractivity contribution >= 4 is 5.95 Å². The Bertz CT molecular complexity index is 459. The summed E-state index contributed by atoms with van der Waals surface area (Å²) in [5.74, 6) is 0.927. The van der Waals surface area contributed by atoms with Crippen LogP contribution in [0.4, 0.5) is 5.95 Å². The van der Waals surface area contributed by atoms with Crippen molar-refractivity contribution in [2.75, 3.05) is 5.32 Å². The van der Waals surface area contributed by atoms with Gasteiger partial charge in [-0.1, -0.05) is 30.3 Å². The van der Waals surface area contributed by atoms with Crippen molar-refractivity contribution in [2.45, 2.75) is 32.9 Å². The molecule has 1 aromatic heterocycles. The molecule has 1 atom stereocenters. The third-order valence-electron chi connectivity index (χ3n) is 2.79. The highest BCUT2D eigenvalue weighted by Gasteiger charge is 2.11. The fourth-order valence-electron chi connectivity index (χ4n) is 1.89. The molecule has 1 N–H and O–H groups in total. The summed E-state index contributed by atoms with van der Waals surface area (Å²) in [4.78, 5) is 4.35. The van der Waals surface area contributed by atoms with Gasteiger partial charge < -0.3 is 9.88 Å². The lowest BCUT2D eigenvalue weighted by atomic mass is 10.1. The van der Waals surface area contributed by atoms with Crippen molar-refractivity contribution < 1.29 is 0 Å². The second-order valence-electron chi connectivity index (χ2n) is 4.54. The van der Waals surface area contributed by atoms with Gasteiger partial charge in [-0.05, 0) is 26.3 Å². The first kappa shape index (κ1) is 11.7. The number of rotatable bonds is 4. The molecular weight excluding hydrogens is 210 g/mol. The minimum Gasteiger partial charge on any atom is -0.353 e. The standard InChI is InChI=1S/C14H19N3/c1-11(2)16-14-15-9-10-17(14)12(3)13-7-5-4-6-8-13/h4-12H,1-3H3,(H,15,16). The van der Waals surface area contributed by atoms with E-state index in [1.165, 1.54) is 5.56 Å². The molecule has 1 heterocycles. The Kier molecular flexibility index (Phi) is 3.47. The molecule has 17 heavy (non-hydrogen) atoms. The molecule has 3 heteroatoms. The molecule has 0 aliphatic heterocycles. The van der Waals surface area contributed by atoms with E-state index in [-0.39, 0.29) is 0 Å². The number of hydrogen-bond donors (Lipinski definition) is 1. The lowest BCUT2D eigenvalue weighted by Gasteiger charge is -2.18. The molecule has 1 aromatic carbocycles. The summed E-state index contributed by atoms with van der Waals surface area (Å²) >= 11 is 0. The van der Waals surface area contributed by atoms with E-state index in [0.29, 0.717) is 12.1 Å². The van der Waals surface area contributed by atoms with E-state index in [4.69, 9.17) is 0 Å². The van der Waals surface area contributed by atoms with Crippen LogP contribution in [0.2, 0.25) is 0 Å². The highest BCUT2D eigenvalue weighted by molar-refractivity contribution is 5.31. The summed E-state index contributed by atoms with van der Waals surface area (Å²) < 4.78 is 2.16. The highest BCUT2D eigenvalue weighted by atomic mass is 15.2. The fourth-order valence-corrected chi connectivity index (χ4v) is 1.89. The lowest BCUT2D eigenvalue weighted by Crippen LogP contribution is -2.16. The van der Waals surface area contributed by atoms with Gasteiger partial charge in [0.15, 0.2) is 0 Å². The number of imidazole rings is 1. The third-order valence-corrected chi connectivity index (χ3v) is 2.79. The maximum Gasteiger partial charge on any atom is 0.203 e. The van der Waals surface area contributed by atoms with E-state index < -0.39 is 0 Å². The molecule has 90 valence electrons. The molecule has 3 nitrogen and oxygen atoms in total. The zero-order valence-electron chi connectivity index (χ0n) is 10.6. The molecule has 0 bridgehead atoms. The quantitative estimate of drug-likeness (QED) is 0.871. The molecule has 0 fully saturated rings. The molecule has 0 saturated heterocycles. The zero-order chi connectivity index (χ0) is 12.3. The van der Waals surface area contributed by atoms with E-state index in [2.05, 4.69) is 59.9 Å². The Balaban J connectivity index is 2.25. The summed E-state index contributed by atoms with van der Waals surface area (Å²) in [5.41, 5.74) is 1.29. The Morgan fingerprint density at radius 1 is 1.12 bits per heavy atom. The van der Waals surface area contributed by atoms with Crippen LogP contribution in [0.5, 0.6) is 0 Å². The van der Waals surface area contributed by atoms with E-state index in [9.17, 15) is 0 Å². The van der Waals surface area contributed by atoms with Crippen molar-refractivity contribution in [3.05, 3.63) is 48.3 Å². The third kappa shape index (κ3) is 2.67. The van der Waals surface area contributed by atoms with Crippen LogP contribution in [0.3, 0.4) is 0 Å². The summed E-state index contributed by atoms with van der Waals surface area (Å²) in [6, 6.07) is 11.1. The Morgan fingerprint density at radius 2 is 1.82 bits per heavy atom. The lowest BCUT2D eigenvalue weighted by molar-refractivity contribution is 0.638. The van der Waals surface area contributed by atoms with E-state index >= 15 is 0 Å². The predicted octanol–water partition coefficient (Wildman–Crippen LogP) is 3.31. The average Bonchev–Trinajstić information content (AvgIpc) is 2.76. The van der Waals surface area contributed by atoms with Gasteiger partial charge in [0.2, 0.25) is 5.95 Å². The highest BCUT2D eigenvalue weighted by Crippen LogP contribution is 2.21. The van der Waals surface area contributed by atoms with Gasteiger partial charge in [-0.3, -0.25) is 0 Å². The van der Waals surface area contributed by atoms with Crippen LogP contribution in [0.1, 0.15) is 32.4 Å². The van der Waals surface area contributed by atoms with Crippen LogP contribution in [0.15, 0.2) is 42.7 Å². The van der Waals surface area contributed by atoms with Gasteiger partial charge in [-0.15, -0.1) is 0 Å². The fraction of sp³-hybridized carbons (Fsp3) is 0.357. The summed E-state index contributed by atoms with van der Waals surface area (Å²) in [7, 11) is 0. The van der Waals surface area contributed by atoms with Crippen LogP contribution in [-0.4, -0.2) is 15.6 Å². The van der Waals surface area contributed by atoms with Crippen molar-refractivity contribution in [3.8, 4) is 0 Å². The van der Waals surface area contributed by atoms with E-state index in [1.807, 2.05) is 18.5 Å². The van der Waals surface area contributed by atoms with Gasteiger partial charge in [-0.25, -0.2) is 4.98 Å². The number of hydrogen-bond acceptors (Lipinski definition) is 2. The van der Waals surface area contributed by atoms with E-state index in [1.54, 1.807) is 0 Å². The first-order chi connectivity index (χ1) is 8.18. The van der Waals surface area contributed by atoms with Crippen LogP contribution < -0.4 is 5.32 Å². The minimum absolute atomic E-state index is 0.292. The molecule has 2 aromatic rings. The molecule has 0 spiro atoms. The van der Waals surface area contributed by atoms with Crippen molar-refractivity contribution in [1.82, 2.24) is 9.55 Å². The second kappa shape index (κ2) is 5.04. The molecule has 0 aliphatic carbocycles. The predicted molar refractivity (Wildman–Crippen MR) is 71.2 cm³/mol.